The van der Waals surface area contributed by atoms with Crippen LogP contribution in [0.2, 0.25) is 0 Å². The molecule has 7 aliphatic rings. The first-order chi connectivity index (χ1) is 54.9. The van der Waals surface area contributed by atoms with Crippen molar-refractivity contribution in [2.24, 2.45) is 22.9 Å². The molecule has 36 heteroatoms. The third-order valence-corrected chi connectivity index (χ3v) is 20.2. The van der Waals surface area contributed by atoms with Crippen LogP contribution in [0.25, 0.3) is 0 Å². The van der Waals surface area contributed by atoms with Gasteiger partial charge in [0, 0.05) is 143 Å². The number of hydrogen-bond donors (Lipinski definition) is 8. The second kappa shape index (κ2) is 37.0. The number of ether oxygens (including phenoxy) is 4. The van der Waals surface area contributed by atoms with Crippen molar-refractivity contribution in [1.82, 2.24) is 70.5 Å². The number of benzene rings is 5. The number of nitrogens with one attached hydrogen (secondary N) is 4. The van der Waals surface area contributed by atoms with Gasteiger partial charge in [-0.15, -0.1) is 30.6 Å². The van der Waals surface area contributed by atoms with Crippen molar-refractivity contribution in [2.75, 3.05) is 156 Å². The van der Waals surface area contributed by atoms with Crippen molar-refractivity contribution in [3.8, 4) is 0 Å². The number of fused-ring (bicyclic) bond motifs is 1. The Balaban J connectivity index is 0.000000150. The number of esters is 1. The Morgan fingerprint density at radius 3 is 1.29 bits per heavy atom. The minimum atomic E-state index is -0.759. The summed E-state index contributed by atoms with van der Waals surface area (Å²) in [5.74, 6) is -1.06. The van der Waals surface area contributed by atoms with Crippen molar-refractivity contribution in [1.29, 1.82) is 0 Å². The molecule has 0 aliphatic carbocycles. The summed E-state index contributed by atoms with van der Waals surface area (Å²) in [7, 11) is 1.37. The first-order valence-electron chi connectivity index (χ1n) is 37.6. The Labute approximate surface area is 650 Å². The van der Waals surface area contributed by atoms with E-state index in [4.69, 9.17) is 41.9 Å². The Hall–Kier alpha value is -12.5. The van der Waals surface area contributed by atoms with Crippen molar-refractivity contribution in [3.63, 3.8) is 0 Å². The fraction of sp³-hybridized carbons (Fsp3) is 0.390. The lowest BCUT2D eigenvalue weighted by molar-refractivity contribution is 0.0301. The molecule has 0 bridgehead atoms. The third kappa shape index (κ3) is 19.6. The van der Waals surface area contributed by atoms with E-state index in [1.54, 1.807) is 93.6 Å². The van der Waals surface area contributed by atoms with Gasteiger partial charge < -0.3 is 97.4 Å². The average Bonchev–Trinajstić information content (AvgIpc) is 1.59. The lowest BCUT2D eigenvalue weighted by atomic mass is 10.0. The Bertz CT molecular complexity index is 4740. The predicted molar refractivity (Wildman–Crippen MR) is 415 cm³/mol. The highest BCUT2D eigenvalue weighted by Crippen LogP contribution is 2.32. The van der Waals surface area contributed by atoms with Crippen molar-refractivity contribution in [2.45, 2.75) is 69.7 Å². The number of primary amides is 3. The maximum Gasteiger partial charge on any atom is 0.338 e. The zero-order chi connectivity index (χ0) is 78.9. The summed E-state index contributed by atoms with van der Waals surface area (Å²) in [5, 5.41) is 37.4. The van der Waals surface area contributed by atoms with Gasteiger partial charge in [0.15, 0.2) is 34.5 Å². The predicted octanol–water partition coefficient (Wildman–Crippen LogP) is 3.66. The highest BCUT2D eigenvalue weighted by atomic mass is 16.5. The van der Waals surface area contributed by atoms with Gasteiger partial charge in [-0.25, -0.2) is 4.79 Å². The Morgan fingerprint density at radius 2 is 0.867 bits per heavy atom. The van der Waals surface area contributed by atoms with Crippen LogP contribution in [0.1, 0.15) is 133 Å². The molecule has 3 atom stereocenters. The lowest BCUT2D eigenvalue weighted by Crippen LogP contribution is -2.48. The van der Waals surface area contributed by atoms with Gasteiger partial charge in [-0.05, 0) is 135 Å². The van der Waals surface area contributed by atoms with E-state index < -0.39 is 17.7 Å². The first-order valence-corrected chi connectivity index (χ1v) is 37.6. The van der Waals surface area contributed by atoms with Crippen molar-refractivity contribution < 1.29 is 57.3 Å². The smallest absolute Gasteiger partial charge is 0.338 e. The normalized spacial score (nSPS) is 18.3. The number of amides is 7. The molecule has 8 aromatic rings. The molecule has 10 heterocycles. The fourth-order valence-corrected chi connectivity index (χ4v) is 14.2. The molecule has 5 aromatic carbocycles. The molecule has 6 saturated heterocycles. The van der Waals surface area contributed by atoms with Crippen LogP contribution in [0.3, 0.4) is 0 Å². The number of rotatable bonds is 20. The van der Waals surface area contributed by atoms with E-state index >= 15 is 0 Å². The van der Waals surface area contributed by atoms with E-state index in [0.717, 1.165) is 61.8 Å². The van der Waals surface area contributed by atoms with E-state index in [2.05, 4.69) is 66.8 Å². The summed E-state index contributed by atoms with van der Waals surface area (Å²) >= 11 is 0. The highest BCUT2D eigenvalue weighted by molar-refractivity contribution is 6.01. The van der Waals surface area contributed by atoms with Crippen molar-refractivity contribution in [3.05, 3.63) is 177 Å². The zero-order valence-corrected chi connectivity index (χ0v) is 62.5. The number of anilines is 9. The molecule has 0 unspecified atom stereocenters. The van der Waals surface area contributed by atoms with Crippen LogP contribution in [-0.2, 0) is 32.0 Å². The molecule has 113 heavy (non-hydrogen) atoms. The number of methoxy groups -OCH3 is 1. The molecule has 6 fully saturated rings. The van der Waals surface area contributed by atoms with E-state index in [1.807, 2.05) is 62.1 Å². The molecule has 7 aliphatic heterocycles. The summed E-state index contributed by atoms with van der Waals surface area (Å²) < 4.78 is 20.8. The monoisotopic (exact) mass is 1540 g/mol. The number of nitrogens with zero attached hydrogens (tertiary/aromatic N) is 16. The molecule has 15 rings (SSSR count). The van der Waals surface area contributed by atoms with E-state index in [-0.39, 0.29) is 82.3 Å². The quantitative estimate of drug-likeness (QED) is 0.0505. The molecular formula is C77H90N24O12. The van der Waals surface area contributed by atoms with Gasteiger partial charge >= 0.3 is 5.97 Å². The number of morpholine rings is 3. The van der Waals surface area contributed by atoms with Crippen LogP contribution < -0.4 is 58.9 Å². The summed E-state index contributed by atoms with van der Waals surface area (Å²) in [6.07, 6.45) is 5.44. The van der Waals surface area contributed by atoms with Crippen molar-refractivity contribution >= 4 is 99.7 Å². The van der Waals surface area contributed by atoms with Crippen LogP contribution in [0.15, 0.2) is 121 Å². The van der Waals surface area contributed by atoms with Gasteiger partial charge in [-0.2, -0.15) is 15.0 Å². The Kier molecular flexibility index (Phi) is 25.7. The SMILES string of the molecule is COC(=O)c1ccccc1CN[C@@H]1CCCN(c2nnc(C(N)=O)c(Nc3ccc(C(=O)N4CCOCC4)cc3)n2)C1.NC(=O)c1nnc(N2CCC[C@@H](N)C2)nc1Nc1ccc(C(=O)N2CCOCC2)cc1.NC(=O)c1nnc(N2CCC[C@@H](N3Cc4ccccc4C3=O)C2)nc1Nc1ccc(C(=O)N2CCOCC2)cc1. The second-order valence-electron chi connectivity index (χ2n) is 27.8. The molecule has 0 spiro atoms. The molecular weight excluding hydrogens is 1450 g/mol. The topological polar surface area (TPSA) is 464 Å². The summed E-state index contributed by atoms with van der Waals surface area (Å²) in [6, 6.07) is 36.0. The number of aromatic nitrogens is 9. The summed E-state index contributed by atoms with van der Waals surface area (Å²) in [5.41, 5.74) is 29.1. The van der Waals surface area contributed by atoms with Gasteiger partial charge in [0.05, 0.1) is 58.4 Å². The maximum absolute atomic E-state index is 13.0. The van der Waals surface area contributed by atoms with Gasteiger partial charge in [0.1, 0.15) is 0 Å². The van der Waals surface area contributed by atoms with Gasteiger partial charge in [0.25, 0.3) is 41.4 Å². The standard InChI is InChI=1S/C29H34N8O5.C28H30N8O4.C20H26N8O3/c1-41-28(40)23-7-3-2-5-20(23)17-31-22-6-4-12-37(18-22)29-33-26(24(25(30)38)34-35-29)32-21-10-8-19(9-11-21)27(39)36-13-15-42-16-14-36;29-24(37)23-25(30-20-9-7-18(8-10-20)26(38)34-12-14-40-15-13-34)31-28(33-32-23)35-11-3-5-21(17-35)36-16-19-4-1-2-6-22(19)27(36)39;21-14-2-1-7-28(12-14)20-24-18(16(17(22)29)25-26-20)23-15-5-3-13(4-6-15)19(30)27-8-10-31-11-9-27/h2-3,5,7-11,22,31H,4,6,12-18H2,1H3,(H2,30,38)(H,32,33,35);1-2,4,6-10,21H,3,5,11-17H2,(H2,29,37)(H,30,31,33);3-6,14H,1-2,7-12,21H2,(H2,22,29)(H,23,24,26)/t22-;21-;14-/m111/s1. The second-order valence-corrected chi connectivity index (χ2v) is 27.8. The lowest BCUT2D eigenvalue weighted by Gasteiger charge is -2.37. The average molecular weight is 1540 g/mol. The minimum absolute atomic E-state index is 0.000948. The molecule has 590 valence electrons. The van der Waals surface area contributed by atoms with Crippen LogP contribution in [-0.4, -0.2) is 256 Å². The highest BCUT2D eigenvalue weighted by Gasteiger charge is 2.37. The molecule has 0 saturated carbocycles. The van der Waals surface area contributed by atoms with Crippen LogP contribution >= 0.6 is 0 Å². The van der Waals surface area contributed by atoms with E-state index in [1.165, 1.54) is 7.11 Å². The summed E-state index contributed by atoms with van der Waals surface area (Å²) in [4.78, 5) is 126. The molecule has 7 amide bonds. The number of carbonyl (C=O) groups excluding carboxylic acids is 8. The molecule has 3 aromatic heterocycles. The Morgan fingerprint density at radius 1 is 0.469 bits per heavy atom. The number of carbonyl (C=O) groups is 8. The fourth-order valence-electron chi connectivity index (χ4n) is 14.2. The maximum atomic E-state index is 13.0. The number of piperidine rings is 3. The van der Waals surface area contributed by atoms with Gasteiger partial charge in [0.2, 0.25) is 17.8 Å². The summed E-state index contributed by atoms with van der Waals surface area (Å²) in [6.45, 7) is 11.7. The van der Waals surface area contributed by atoms with Crippen LogP contribution in [0, 0.1) is 0 Å². The molecule has 36 nitrogen and oxygen atoms in total. The number of nitrogens with two attached hydrogens (primary N) is 4. The van der Waals surface area contributed by atoms with Gasteiger partial charge in [-0.3, -0.25) is 33.6 Å². The molecule has 12 N–H and O–H groups in total. The van der Waals surface area contributed by atoms with Crippen LogP contribution in [0.5, 0.6) is 0 Å². The van der Waals surface area contributed by atoms with E-state index in [9.17, 15) is 38.4 Å². The minimum Gasteiger partial charge on any atom is -0.465 e. The van der Waals surface area contributed by atoms with Gasteiger partial charge in [-0.1, -0.05) is 36.4 Å². The first kappa shape index (κ1) is 78.6. The number of hydrogen-bond acceptors (Lipinski definition) is 29. The largest absolute Gasteiger partial charge is 0.465 e. The third-order valence-electron chi connectivity index (χ3n) is 20.2. The van der Waals surface area contributed by atoms with Crippen LogP contribution in [0.4, 0.5) is 52.4 Å². The zero-order valence-electron chi connectivity index (χ0n) is 62.5. The van der Waals surface area contributed by atoms with E-state index in [0.29, 0.717) is 182 Å². The molecule has 0 radical (unpaired) electrons.